The Morgan fingerprint density at radius 2 is 1.29 bits per heavy atom. The fourth-order valence-corrected chi connectivity index (χ4v) is 2.59. The topological polar surface area (TPSA) is 0 Å². The van der Waals surface area contributed by atoms with Crippen LogP contribution < -0.4 is 0 Å². The lowest BCUT2D eigenvalue weighted by Gasteiger charge is -2.08. The van der Waals surface area contributed by atoms with E-state index in [0.29, 0.717) is 0 Å². The van der Waals surface area contributed by atoms with Crippen LogP contribution in [-0.4, -0.2) is 0 Å². The molecule has 0 bridgehead atoms. The minimum absolute atomic E-state index is 0.885. The summed E-state index contributed by atoms with van der Waals surface area (Å²) in [5.41, 5.74) is 4.53. The molecule has 0 nitrogen and oxygen atoms in total. The van der Waals surface area contributed by atoms with Crippen LogP contribution in [0.2, 0.25) is 0 Å². The maximum atomic E-state index is 2.46. The Labute approximate surface area is 134 Å². The van der Waals surface area contributed by atoms with Gasteiger partial charge in [0.2, 0.25) is 0 Å². The van der Waals surface area contributed by atoms with Gasteiger partial charge >= 0.3 is 0 Å². The maximum Gasteiger partial charge on any atom is -0.0288 e. The minimum atomic E-state index is 0.885. The van der Waals surface area contributed by atoms with E-state index in [2.05, 4.69) is 59.8 Å². The fourth-order valence-electron chi connectivity index (χ4n) is 2.59. The van der Waals surface area contributed by atoms with E-state index in [1.165, 1.54) is 62.5 Å². The van der Waals surface area contributed by atoms with Gasteiger partial charge in [0.15, 0.2) is 0 Å². The van der Waals surface area contributed by atoms with Gasteiger partial charge in [-0.1, -0.05) is 61.6 Å². The highest BCUT2D eigenvalue weighted by Gasteiger charge is 1.98. The van der Waals surface area contributed by atoms with Gasteiger partial charge < -0.3 is 0 Å². The van der Waals surface area contributed by atoms with Gasteiger partial charge in [0.25, 0.3) is 0 Å². The summed E-state index contributed by atoms with van der Waals surface area (Å²) >= 11 is 0. The second-order valence-corrected chi connectivity index (χ2v) is 6.93. The van der Waals surface area contributed by atoms with Crippen LogP contribution in [0.25, 0.3) is 0 Å². The van der Waals surface area contributed by atoms with Crippen molar-refractivity contribution in [3.63, 3.8) is 0 Å². The maximum absolute atomic E-state index is 2.46. The second kappa shape index (κ2) is 12.9. The van der Waals surface area contributed by atoms with Crippen molar-refractivity contribution in [1.29, 1.82) is 0 Å². The van der Waals surface area contributed by atoms with E-state index in [9.17, 15) is 0 Å². The van der Waals surface area contributed by atoms with Crippen molar-refractivity contribution in [2.75, 3.05) is 0 Å². The van der Waals surface area contributed by atoms with Gasteiger partial charge in [0, 0.05) is 0 Å². The molecule has 0 aromatic carbocycles. The van der Waals surface area contributed by atoms with E-state index in [1.807, 2.05) is 0 Å². The first kappa shape index (κ1) is 20.2. The quantitative estimate of drug-likeness (QED) is 0.343. The summed E-state index contributed by atoms with van der Waals surface area (Å²) in [5, 5.41) is 0. The summed E-state index contributed by atoms with van der Waals surface area (Å²) < 4.78 is 0. The number of rotatable bonds is 11. The number of hydrogen-bond acceptors (Lipinski definition) is 0. The third-order valence-corrected chi connectivity index (χ3v) is 4.06. The van der Waals surface area contributed by atoms with E-state index in [1.54, 1.807) is 5.57 Å². The molecular formula is C21H38. The van der Waals surface area contributed by atoms with Gasteiger partial charge in [-0.15, -0.1) is 0 Å². The van der Waals surface area contributed by atoms with Gasteiger partial charge in [-0.3, -0.25) is 0 Å². The highest BCUT2D eigenvalue weighted by molar-refractivity contribution is 5.05. The molecule has 0 radical (unpaired) electrons. The van der Waals surface area contributed by atoms with Gasteiger partial charge in [0.1, 0.15) is 0 Å². The molecule has 21 heavy (non-hydrogen) atoms. The van der Waals surface area contributed by atoms with Crippen molar-refractivity contribution in [2.45, 2.75) is 92.9 Å². The highest BCUT2D eigenvalue weighted by atomic mass is 14.0. The lowest BCUT2D eigenvalue weighted by atomic mass is 9.99. The summed E-state index contributed by atoms with van der Waals surface area (Å²) in [5.74, 6) is 0.885. The molecule has 0 aliphatic carbocycles. The van der Waals surface area contributed by atoms with E-state index in [0.717, 1.165) is 5.92 Å². The van der Waals surface area contributed by atoms with Crippen LogP contribution in [0.1, 0.15) is 92.9 Å². The van der Waals surface area contributed by atoms with Gasteiger partial charge in [-0.25, -0.2) is 0 Å². The molecular weight excluding hydrogens is 252 g/mol. The van der Waals surface area contributed by atoms with E-state index in [4.69, 9.17) is 0 Å². The molecule has 122 valence electrons. The Morgan fingerprint density at radius 1 is 0.762 bits per heavy atom. The molecule has 0 heteroatoms. The molecule has 1 unspecified atom stereocenters. The summed E-state index contributed by atoms with van der Waals surface area (Å²) in [7, 11) is 0. The van der Waals surface area contributed by atoms with Crippen LogP contribution in [0.4, 0.5) is 0 Å². The molecule has 0 rings (SSSR count). The Morgan fingerprint density at radius 3 is 1.81 bits per heavy atom. The second-order valence-electron chi connectivity index (χ2n) is 6.93. The third kappa shape index (κ3) is 13.9. The largest absolute Gasteiger partial charge is 0.0856 e. The van der Waals surface area contributed by atoms with Crippen molar-refractivity contribution in [3.8, 4) is 0 Å². The van der Waals surface area contributed by atoms with Crippen molar-refractivity contribution in [1.82, 2.24) is 0 Å². The molecule has 0 heterocycles. The molecule has 0 N–H and O–H groups in total. The van der Waals surface area contributed by atoms with Crippen LogP contribution in [0, 0.1) is 5.92 Å². The molecule has 0 saturated carbocycles. The molecule has 0 aromatic heterocycles. The highest BCUT2D eigenvalue weighted by Crippen LogP contribution is 2.15. The first-order valence-electron chi connectivity index (χ1n) is 8.90. The van der Waals surface area contributed by atoms with Crippen molar-refractivity contribution in [3.05, 3.63) is 34.9 Å². The first-order chi connectivity index (χ1) is 9.95. The van der Waals surface area contributed by atoms with Crippen molar-refractivity contribution >= 4 is 0 Å². The average molecular weight is 291 g/mol. The SMILES string of the molecule is CCCC(C)CC/C=C(/C)CC/C=C(\C)CCC=C(C)C. The monoisotopic (exact) mass is 290 g/mol. The Bertz CT molecular complexity index is 337. The van der Waals surface area contributed by atoms with Crippen LogP contribution in [0.3, 0.4) is 0 Å². The summed E-state index contributed by atoms with van der Waals surface area (Å²) in [6.45, 7) is 13.6. The molecule has 1 atom stereocenters. The third-order valence-electron chi connectivity index (χ3n) is 4.06. The van der Waals surface area contributed by atoms with Gasteiger partial charge in [0.05, 0.1) is 0 Å². The van der Waals surface area contributed by atoms with Crippen molar-refractivity contribution in [2.24, 2.45) is 5.92 Å². The lowest BCUT2D eigenvalue weighted by molar-refractivity contribution is 0.490. The molecule has 0 saturated heterocycles. The zero-order chi connectivity index (χ0) is 16.1. The first-order valence-corrected chi connectivity index (χ1v) is 8.90. The lowest BCUT2D eigenvalue weighted by Crippen LogP contribution is -1.92. The fraction of sp³-hybridized carbons (Fsp3) is 0.714. The van der Waals surface area contributed by atoms with E-state index < -0.39 is 0 Å². The van der Waals surface area contributed by atoms with Gasteiger partial charge in [-0.2, -0.15) is 0 Å². The molecule has 0 spiro atoms. The molecule has 0 aliphatic heterocycles. The predicted octanol–water partition coefficient (Wildman–Crippen LogP) is 7.62. The minimum Gasteiger partial charge on any atom is -0.0856 e. The standard InChI is InChI=1S/C21H38/c1-7-11-19(4)14-9-15-21(6)17-10-16-20(5)13-8-12-18(2)3/h12,15-16,19H,7-11,13-14,17H2,1-6H3/b20-16+,21-15-. The van der Waals surface area contributed by atoms with Crippen LogP contribution in [0.5, 0.6) is 0 Å². The van der Waals surface area contributed by atoms with E-state index >= 15 is 0 Å². The van der Waals surface area contributed by atoms with Crippen LogP contribution in [0.15, 0.2) is 34.9 Å². The zero-order valence-electron chi connectivity index (χ0n) is 15.5. The summed E-state index contributed by atoms with van der Waals surface area (Å²) in [6, 6.07) is 0. The molecule has 0 aromatic rings. The Hall–Kier alpha value is -0.780. The smallest absolute Gasteiger partial charge is 0.0288 e. The molecule has 0 aliphatic rings. The zero-order valence-corrected chi connectivity index (χ0v) is 15.5. The Kier molecular flexibility index (Phi) is 12.4. The molecule has 0 amide bonds. The normalized spacial score (nSPS) is 14.2. The van der Waals surface area contributed by atoms with Gasteiger partial charge in [-0.05, 0) is 72.1 Å². The van der Waals surface area contributed by atoms with Crippen LogP contribution >= 0.6 is 0 Å². The number of allylic oxidation sites excluding steroid dienone is 6. The predicted molar refractivity (Wildman–Crippen MR) is 98.7 cm³/mol. The molecule has 0 fully saturated rings. The Balaban J connectivity index is 3.85. The number of hydrogen-bond donors (Lipinski definition) is 0. The van der Waals surface area contributed by atoms with Crippen LogP contribution in [-0.2, 0) is 0 Å². The summed E-state index contributed by atoms with van der Waals surface area (Å²) in [6.07, 6.45) is 17.3. The van der Waals surface area contributed by atoms with Crippen molar-refractivity contribution < 1.29 is 0 Å². The van der Waals surface area contributed by atoms with E-state index in [-0.39, 0.29) is 0 Å². The summed E-state index contributed by atoms with van der Waals surface area (Å²) in [4.78, 5) is 0. The average Bonchev–Trinajstić information content (AvgIpc) is 2.38.